The van der Waals surface area contributed by atoms with Crippen LogP contribution in [0.25, 0.3) is 0 Å². The average Bonchev–Trinajstić information content (AvgIpc) is 2.71. The molecule has 0 spiro atoms. The summed E-state index contributed by atoms with van der Waals surface area (Å²) >= 11 is 7.40. The Morgan fingerprint density at radius 3 is 2.76 bits per heavy atom. The van der Waals surface area contributed by atoms with E-state index in [0.29, 0.717) is 19.6 Å². The number of nitrogens with zero attached hydrogens (tertiary/aromatic N) is 1. The first-order valence-electron chi connectivity index (χ1n) is 5.81. The quantitative estimate of drug-likeness (QED) is 0.867. The zero-order chi connectivity index (χ0) is 12.8. The van der Waals surface area contributed by atoms with Gasteiger partial charge in [-0.05, 0) is 32.0 Å². The zero-order valence-corrected chi connectivity index (χ0v) is 11.9. The van der Waals surface area contributed by atoms with Gasteiger partial charge >= 0.3 is 0 Å². The molecule has 0 fully saturated rings. The smallest absolute Gasteiger partial charge is 0.225 e. The Hall–Kier alpha value is -0.580. The molecule has 5 heteroatoms. The van der Waals surface area contributed by atoms with Crippen molar-refractivity contribution in [1.82, 2.24) is 4.90 Å². The average molecular weight is 275 g/mol. The monoisotopic (exact) mass is 274 g/mol. The van der Waals surface area contributed by atoms with E-state index in [1.807, 2.05) is 30.9 Å². The summed E-state index contributed by atoms with van der Waals surface area (Å²) in [7, 11) is 0. The summed E-state index contributed by atoms with van der Waals surface area (Å²) in [6.07, 6.45) is 0.737. The number of hydrogen-bond acceptors (Lipinski definition) is 3. The van der Waals surface area contributed by atoms with Crippen LogP contribution in [0.1, 0.15) is 25.1 Å². The Morgan fingerprint density at radius 2 is 2.29 bits per heavy atom. The van der Waals surface area contributed by atoms with Crippen molar-refractivity contribution < 1.29 is 4.79 Å². The van der Waals surface area contributed by atoms with E-state index < -0.39 is 0 Å². The maximum absolute atomic E-state index is 12.1. The van der Waals surface area contributed by atoms with Gasteiger partial charge in [-0.3, -0.25) is 4.79 Å². The predicted molar refractivity (Wildman–Crippen MR) is 73.3 cm³/mol. The van der Waals surface area contributed by atoms with Crippen molar-refractivity contribution >= 4 is 28.8 Å². The molecule has 0 aliphatic heterocycles. The van der Waals surface area contributed by atoms with Gasteiger partial charge < -0.3 is 10.6 Å². The molecule has 0 aliphatic rings. The third-order valence-corrected chi connectivity index (χ3v) is 3.91. The second-order valence-corrected chi connectivity index (χ2v) is 5.84. The SMILES string of the molecule is CCN(Cc1ccc(Cl)s1)C(=O)C(C)CCN. The summed E-state index contributed by atoms with van der Waals surface area (Å²) in [4.78, 5) is 15.1. The molecule has 0 aromatic carbocycles. The highest BCUT2D eigenvalue weighted by Gasteiger charge is 2.19. The first-order valence-corrected chi connectivity index (χ1v) is 7.01. The lowest BCUT2D eigenvalue weighted by molar-refractivity contribution is -0.135. The molecule has 1 atom stereocenters. The Labute approximate surface area is 112 Å². The summed E-state index contributed by atoms with van der Waals surface area (Å²) in [6.45, 7) is 5.82. The predicted octanol–water partition coefficient (Wildman–Crippen LogP) is 2.73. The third-order valence-electron chi connectivity index (χ3n) is 2.69. The number of thiophene rings is 1. The van der Waals surface area contributed by atoms with Gasteiger partial charge in [-0.25, -0.2) is 0 Å². The van der Waals surface area contributed by atoms with E-state index >= 15 is 0 Å². The van der Waals surface area contributed by atoms with Crippen LogP contribution >= 0.6 is 22.9 Å². The van der Waals surface area contributed by atoms with E-state index in [4.69, 9.17) is 17.3 Å². The standard InChI is InChI=1S/C12H19ClN2OS/c1-3-15(12(16)9(2)6-7-14)8-10-4-5-11(13)17-10/h4-5,9H,3,6-8,14H2,1-2H3. The molecule has 1 rings (SSSR count). The highest BCUT2D eigenvalue weighted by Crippen LogP contribution is 2.23. The van der Waals surface area contributed by atoms with Crippen molar-refractivity contribution in [2.45, 2.75) is 26.8 Å². The van der Waals surface area contributed by atoms with Crippen LogP contribution in [0.3, 0.4) is 0 Å². The van der Waals surface area contributed by atoms with Crippen LogP contribution in [0, 0.1) is 5.92 Å². The second kappa shape index (κ2) is 6.99. The molecule has 3 nitrogen and oxygen atoms in total. The van der Waals surface area contributed by atoms with Gasteiger partial charge in [0.05, 0.1) is 10.9 Å². The molecule has 1 aromatic rings. The molecule has 0 radical (unpaired) electrons. The van der Waals surface area contributed by atoms with Crippen molar-refractivity contribution in [3.05, 3.63) is 21.3 Å². The summed E-state index contributed by atoms with van der Waals surface area (Å²) in [5, 5.41) is 0. The lowest BCUT2D eigenvalue weighted by Gasteiger charge is -2.23. The molecule has 0 aliphatic carbocycles. The fourth-order valence-electron chi connectivity index (χ4n) is 1.66. The van der Waals surface area contributed by atoms with E-state index in [1.165, 1.54) is 11.3 Å². The van der Waals surface area contributed by atoms with Crippen LogP contribution in [0.15, 0.2) is 12.1 Å². The number of carbonyl (C=O) groups excluding carboxylic acids is 1. The van der Waals surface area contributed by atoms with Gasteiger partial charge in [-0.1, -0.05) is 18.5 Å². The van der Waals surface area contributed by atoms with Gasteiger partial charge in [0.1, 0.15) is 0 Å². The molecule has 2 N–H and O–H groups in total. The van der Waals surface area contributed by atoms with Gasteiger partial charge in [0.15, 0.2) is 0 Å². The van der Waals surface area contributed by atoms with Crippen molar-refractivity contribution in [2.75, 3.05) is 13.1 Å². The molecule has 1 heterocycles. The molecule has 0 saturated carbocycles. The molecular formula is C12H19ClN2OS. The molecular weight excluding hydrogens is 256 g/mol. The van der Waals surface area contributed by atoms with Crippen LogP contribution in [0.2, 0.25) is 4.34 Å². The minimum Gasteiger partial charge on any atom is -0.338 e. The number of rotatable bonds is 6. The van der Waals surface area contributed by atoms with E-state index in [0.717, 1.165) is 15.6 Å². The third kappa shape index (κ3) is 4.30. The topological polar surface area (TPSA) is 46.3 Å². The summed E-state index contributed by atoms with van der Waals surface area (Å²) in [5.41, 5.74) is 5.48. The Kier molecular flexibility index (Phi) is 5.95. The minimum absolute atomic E-state index is 0.00427. The normalized spacial score (nSPS) is 12.5. The van der Waals surface area contributed by atoms with Crippen LogP contribution in [-0.2, 0) is 11.3 Å². The van der Waals surface area contributed by atoms with Crippen molar-refractivity contribution in [3.8, 4) is 0 Å². The van der Waals surface area contributed by atoms with Gasteiger partial charge in [0.25, 0.3) is 0 Å². The maximum Gasteiger partial charge on any atom is 0.225 e. The molecule has 0 bridgehead atoms. The maximum atomic E-state index is 12.1. The van der Waals surface area contributed by atoms with Gasteiger partial charge in [0.2, 0.25) is 5.91 Å². The lowest BCUT2D eigenvalue weighted by Crippen LogP contribution is -2.35. The molecule has 96 valence electrons. The number of nitrogens with two attached hydrogens (primary N) is 1. The summed E-state index contributed by atoms with van der Waals surface area (Å²) in [5.74, 6) is 0.165. The Morgan fingerprint density at radius 1 is 1.59 bits per heavy atom. The van der Waals surface area contributed by atoms with Crippen LogP contribution in [0.4, 0.5) is 0 Å². The fraction of sp³-hybridized carbons (Fsp3) is 0.583. The number of amides is 1. The molecule has 1 amide bonds. The number of hydrogen-bond donors (Lipinski definition) is 1. The highest BCUT2D eigenvalue weighted by atomic mass is 35.5. The van der Waals surface area contributed by atoms with Crippen molar-refractivity contribution in [1.29, 1.82) is 0 Å². The fourth-order valence-corrected chi connectivity index (χ4v) is 2.76. The summed E-state index contributed by atoms with van der Waals surface area (Å²) < 4.78 is 0.763. The lowest BCUT2D eigenvalue weighted by atomic mass is 10.1. The largest absolute Gasteiger partial charge is 0.338 e. The van der Waals surface area contributed by atoms with E-state index in [1.54, 1.807) is 0 Å². The minimum atomic E-state index is -0.00427. The highest BCUT2D eigenvalue weighted by molar-refractivity contribution is 7.16. The van der Waals surface area contributed by atoms with Crippen molar-refractivity contribution in [3.63, 3.8) is 0 Å². The molecule has 1 aromatic heterocycles. The van der Waals surface area contributed by atoms with Gasteiger partial charge in [-0.2, -0.15) is 0 Å². The first kappa shape index (κ1) is 14.5. The van der Waals surface area contributed by atoms with Gasteiger partial charge in [-0.15, -0.1) is 11.3 Å². The molecule has 0 saturated heterocycles. The van der Waals surface area contributed by atoms with Gasteiger partial charge in [0, 0.05) is 17.3 Å². The zero-order valence-electron chi connectivity index (χ0n) is 10.3. The molecule has 1 unspecified atom stereocenters. The summed E-state index contributed by atoms with van der Waals surface area (Å²) in [6, 6.07) is 3.83. The number of halogens is 1. The van der Waals surface area contributed by atoms with E-state index in [9.17, 15) is 4.79 Å². The van der Waals surface area contributed by atoms with Crippen LogP contribution in [-0.4, -0.2) is 23.9 Å². The van der Waals surface area contributed by atoms with E-state index in [2.05, 4.69) is 0 Å². The first-order chi connectivity index (χ1) is 8.08. The Balaban J connectivity index is 2.62. The van der Waals surface area contributed by atoms with Crippen LogP contribution in [0.5, 0.6) is 0 Å². The Bertz CT molecular complexity index is 367. The van der Waals surface area contributed by atoms with Crippen molar-refractivity contribution in [2.24, 2.45) is 11.7 Å². The van der Waals surface area contributed by atoms with E-state index in [-0.39, 0.29) is 11.8 Å². The molecule has 17 heavy (non-hydrogen) atoms. The number of carbonyl (C=O) groups is 1. The van der Waals surface area contributed by atoms with Crippen LogP contribution < -0.4 is 5.73 Å². The second-order valence-electron chi connectivity index (χ2n) is 4.04.